The molecule has 0 bridgehead atoms. The molecule has 0 saturated carbocycles. The predicted octanol–water partition coefficient (Wildman–Crippen LogP) is 4.06. The van der Waals surface area contributed by atoms with E-state index in [9.17, 15) is 18.0 Å². The van der Waals surface area contributed by atoms with Crippen LogP contribution in [0.15, 0.2) is 36.9 Å². The summed E-state index contributed by atoms with van der Waals surface area (Å²) in [6, 6.07) is 2.27. The molecule has 0 spiro atoms. The third-order valence-electron chi connectivity index (χ3n) is 5.95. The van der Waals surface area contributed by atoms with Crippen LogP contribution in [-0.2, 0) is 9.53 Å². The second-order valence-corrected chi connectivity index (χ2v) is 8.97. The quantitative estimate of drug-likeness (QED) is 0.492. The van der Waals surface area contributed by atoms with Crippen LogP contribution < -0.4 is 15.4 Å². The Hall–Kier alpha value is -3.34. The van der Waals surface area contributed by atoms with Crippen LogP contribution in [0.25, 0.3) is 22.2 Å². The Morgan fingerprint density at radius 3 is 2.66 bits per heavy atom. The molecular weight excluding hydrogens is 463 g/mol. The molecule has 1 saturated heterocycles. The van der Waals surface area contributed by atoms with E-state index in [0.717, 1.165) is 23.1 Å². The van der Waals surface area contributed by atoms with E-state index in [4.69, 9.17) is 15.2 Å². The van der Waals surface area contributed by atoms with Crippen molar-refractivity contribution in [3.8, 4) is 16.9 Å². The molecule has 1 aliphatic heterocycles. The minimum Gasteiger partial charge on any atom is -0.489 e. The molecule has 1 atom stereocenters. The Bertz CT molecular complexity index is 1170. The number of pyridine rings is 2. The zero-order chi connectivity index (χ0) is 25.2. The number of nitrogens with two attached hydrogens (primary N) is 1. The molecule has 1 fully saturated rings. The second kappa shape index (κ2) is 10.1. The summed E-state index contributed by atoms with van der Waals surface area (Å²) in [5.74, 6) is -0.678. The van der Waals surface area contributed by atoms with Gasteiger partial charge in [-0.1, -0.05) is 13.8 Å². The van der Waals surface area contributed by atoms with Gasteiger partial charge in [-0.25, -0.2) is 4.98 Å². The molecule has 188 valence electrons. The number of alkyl halides is 3. The summed E-state index contributed by atoms with van der Waals surface area (Å²) < 4.78 is 51.8. The van der Waals surface area contributed by atoms with Crippen molar-refractivity contribution >= 4 is 22.6 Å². The number of rotatable bonds is 8. The normalized spacial score (nSPS) is 15.9. The summed E-state index contributed by atoms with van der Waals surface area (Å²) in [6.45, 7) is 3.27. The molecule has 8 nitrogen and oxygen atoms in total. The van der Waals surface area contributed by atoms with Crippen molar-refractivity contribution in [1.29, 1.82) is 0 Å². The number of carbonyl (C=O) groups is 1. The Morgan fingerprint density at radius 2 is 2.00 bits per heavy atom. The van der Waals surface area contributed by atoms with Crippen LogP contribution in [0.3, 0.4) is 0 Å². The van der Waals surface area contributed by atoms with E-state index in [2.05, 4.69) is 15.0 Å². The molecule has 0 radical (unpaired) electrons. The maximum absolute atomic E-state index is 13.4. The number of aromatic amines is 1. The number of anilines is 1. The van der Waals surface area contributed by atoms with E-state index in [1.165, 1.54) is 6.20 Å². The van der Waals surface area contributed by atoms with Crippen LogP contribution in [0.5, 0.6) is 5.75 Å². The van der Waals surface area contributed by atoms with Crippen molar-refractivity contribution in [2.24, 2.45) is 11.7 Å². The summed E-state index contributed by atoms with van der Waals surface area (Å²) in [4.78, 5) is 24.7. The zero-order valence-corrected chi connectivity index (χ0v) is 19.5. The summed E-state index contributed by atoms with van der Waals surface area (Å²) in [5.41, 5.74) is 7.51. The Morgan fingerprint density at radius 1 is 1.26 bits per heavy atom. The molecule has 0 unspecified atom stereocenters. The molecule has 4 rings (SSSR count). The maximum atomic E-state index is 13.4. The summed E-state index contributed by atoms with van der Waals surface area (Å²) in [5, 5.41) is 0.742. The number of carbonyl (C=O) groups excluding carboxylic acids is 1. The lowest BCUT2D eigenvalue weighted by Crippen LogP contribution is -2.51. The van der Waals surface area contributed by atoms with E-state index < -0.39 is 30.6 Å². The topological polar surface area (TPSA) is 106 Å². The van der Waals surface area contributed by atoms with Crippen LogP contribution in [0.1, 0.15) is 26.7 Å². The van der Waals surface area contributed by atoms with Gasteiger partial charge in [-0.05, 0) is 18.1 Å². The molecule has 4 heterocycles. The van der Waals surface area contributed by atoms with Crippen molar-refractivity contribution in [2.45, 2.75) is 45.0 Å². The van der Waals surface area contributed by atoms with Crippen LogP contribution in [0.2, 0.25) is 0 Å². The standard InChI is InChI=1S/C24H28F3N5O3/c1-14(2)21(22(28)33)32(13-24(25,26)27)16-7-15(9-29-10-16)20-12-31-23-19(20)8-18(11-30-23)35-17-3-5-34-6-4-17/h7-12,14,17,21H,3-6,13H2,1-2H3,(H2,28,33)(H,30,31)/t21-/m0/s1. The van der Waals surface area contributed by atoms with Crippen LogP contribution in [0.4, 0.5) is 18.9 Å². The third kappa shape index (κ3) is 5.84. The van der Waals surface area contributed by atoms with Gasteiger partial charge in [0.05, 0.1) is 31.3 Å². The van der Waals surface area contributed by atoms with E-state index in [1.807, 2.05) is 6.07 Å². The lowest BCUT2D eigenvalue weighted by Gasteiger charge is -2.34. The number of fused-ring (bicyclic) bond motifs is 1. The number of H-pyrrole nitrogens is 1. The van der Waals surface area contributed by atoms with Crippen LogP contribution in [0, 0.1) is 5.92 Å². The number of hydrogen-bond donors (Lipinski definition) is 2. The number of hydrogen-bond acceptors (Lipinski definition) is 6. The third-order valence-corrected chi connectivity index (χ3v) is 5.95. The van der Waals surface area contributed by atoms with Crippen molar-refractivity contribution in [3.63, 3.8) is 0 Å². The summed E-state index contributed by atoms with van der Waals surface area (Å²) in [7, 11) is 0. The fourth-order valence-corrected chi connectivity index (χ4v) is 4.39. The van der Waals surface area contributed by atoms with Crippen molar-refractivity contribution in [3.05, 3.63) is 36.9 Å². The number of nitrogens with zero attached hydrogens (tertiary/aromatic N) is 3. The average molecular weight is 492 g/mol. The largest absolute Gasteiger partial charge is 0.489 e. The maximum Gasteiger partial charge on any atom is 0.405 e. The minimum absolute atomic E-state index is 0.0353. The highest BCUT2D eigenvalue weighted by molar-refractivity contribution is 5.94. The van der Waals surface area contributed by atoms with Gasteiger partial charge in [-0.2, -0.15) is 13.2 Å². The van der Waals surface area contributed by atoms with Crippen molar-refractivity contribution < 1.29 is 27.4 Å². The molecule has 0 aliphatic carbocycles. The molecule has 11 heteroatoms. The van der Waals surface area contributed by atoms with Gasteiger partial charge in [0.15, 0.2) is 0 Å². The molecule has 35 heavy (non-hydrogen) atoms. The fraction of sp³-hybridized carbons (Fsp3) is 0.458. The lowest BCUT2D eigenvalue weighted by atomic mass is 10.0. The number of halogens is 3. The molecule has 1 aliphatic rings. The minimum atomic E-state index is -4.54. The molecule has 0 aromatic carbocycles. The number of nitrogens with one attached hydrogen (secondary N) is 1. The summed E-state index contributed by atoms with van der Waals surface area (Å²) in [6.07, 6.45) is 3.29. The number of aromatic nitrogens is 3. The van der Waals surface area contributed by atoms with Gasteiger partial charge < -0.3 is 25.1 Å². The van der Waals surface area contributed by atoms with Gasteiger partial charge in [0, 0.05) is 41.7 Å². The highest BCUT2D eigenvalue weighted by atomic mass is 19.4. The van der Waals surface area contributed by atoms with E-state index >= 15 is 0 Å². The SMILES string of the molecule is CC(C)[C@@H](C(N)=O)N(CC(F)(F)F)c1cncc(-c2c[nH]c3ncc(OC4CCOCC4)cc23)c1. The van der Waals surface area contributed by atoms with Gasteiger partial charge in [-0.3, -0.25) is 9.78 Å². The van der Waals surface area contributed by atoms with Gasteiger partial charge in [0.2, 0.25) is 5.91 Å². The molecule has 1 amide bonds. The lowest BCUT2D eigenvalue weighted by molar-refractivity contribution is -0.126. The van der Waals surface area contributed by atoms with E-state index in [-0.39, 0.29) is 11.8 Å². The zero-order valence-electron chi connectivity index (χ0n) is 19.5. The highest BCUT2D eigenvalue weighted by Gasteiger charge is 2.37. The van der Waals surface area contributed by atoms with Gasteiger partial charge >= 0.3 is 6.18 Å². The first kappa shape index (κ1) is 24.8. The molecule has 3 aromatic heterocycles. The van der Waals surface area contributed by atoms with E-state index in [0.29, 0.717) is 35.7 Å². The van der Waals surface area contributed by atoms with Crippen molar-refractivity contribution in [2.75, 3.05) is 24.7 Å². The first-order valence-corrected chi connectivity index (χ1v) is 11.4. The van der Waals surface area contributed by atoms with E-state index in [1.54, 1.807) is 38.5 Å². The Balaban J connectivity index is 1.70. The fourth-order valence-electron chi connectivity index (χ4n) is 4.39. The monoisotopic (exact) mass is 491 g/mol. The highest BCUT2D eigenvalue weighted by Crippen LogP contribution is 2.34. The van der Waals surface area contributed by atoms with Crippen LogP contribution >= 0.6 is 0 Å². The summed E-state index contributed by atoms with van der Waals surface area (Å²) >= 11 is 0. The van der Waals surface area contributed by atoms with Gasteiger partial charge in [0.25, 0.3) is 0 Å². The first-order chi connectivity index (χ1) is 16.6. The number of ether oxygens (including phenoxy) is 2. The Kier molecular flexibility index (Phi) is 7.15. The van der Waals surface area contributed by atoms with Gasteiger partial charge in [0.1, 0.15) is 30.1 Å². The molecule has 3 aromatic rings. The van der Waals surface area contributed by atoms with Crippen molar-refractivity contribution in [1.82, 2.24) is 15.0 Å². The number of amides is 1. The first-order valence-electron chi connectivity index (χ1n) is 11.4. The Labute approximate surface area is 200 Å². The average Bonchev–Trinajstić information content (AvgIpc) is 3.21. The second-order valence-electron chi connectivity index (χ2n) is 8.97. The smallest absolute Gasteiger partial charge is 0.405 e. The molecular formula is C24H28F3N5O3. The molecule has 3 N–H and O–H groups in total. The predicted molar refractivity (Wildman–Crippen MR) is 125 cm³/mol. The number of primary amides is 1. The van der Waals surface area contributed by atoms with Gasteiger partial charge in [-0.15, -0.1) is 0 Å². The van der Waals surface area contributed by atoms with Crippen LogP contribution in [-0.4, -0.2) is 58.9 Å².